The summed E-state index contributed by atoms with van der Waals surface area (Å²) >= 11 is 0. The second-order valence-electron chi connectivity index (χ2n) is 8.68. The molecule has 0 amide bonds. The van der Waals surface area contributed by atoms with Crippen molar-refractivity contribution in [2.24, 2.45) is 0 Å². The Balaban J connectivity index is 2.09. The summed E-state index contributed by atoms with van der Waals surface area (Å²) in [7, 11) is 1.26. The fraction of sp³-hybridized carbons (Fsp3) is 0.630. The van der Waals surface area contributed by atoms with E-state index >= 15 is 0 Å². The number of methoxy groups -OCH3 is 1. The summed E-state index contributed by atoms with van der Waals surface area (Å²) in [6.45, 7) is 6.51. The molecule has 0 aliphatic carbocycles. The highest BCUT2D eigenvalue weighted by atomic mass is 16.5. The topological polar surface area (TPSA) is 59.8 Å². The zero-order valence-corrected chi connectivity index (χ0v) is 20.3. The van der Waals surface area contributed by atoms with Gasteiger partial charge in [0.15, 0.2) is 0 Å². The lowest BCUT2D eigenvalue weighted by Gasteiger charge is -2.25. The molecule has 0 fully saturated rings. The second-order valence-corrected chi connectivity index (χ2v) is 8.68. The van der Waals surface area contributed by atoms with Gasteiger partial charge in [-0.2, -0.15) is 0 Å². The number of nitrogens with zero attached hydrogens (tertiary/aromatic N) is 1. The lowest BCUT2D eigenvalue weighted by Crippen LogP contribution is -2.25. The Morgan fingerprint density at radius 1 is 0.844 bits per heavy atom. The summed E-state index contributed by atoms with van der Waals surface area (Å²) in [6, 6.07) is 7.49. The molecule has 1 heterocycles. The Bertz CT molecular complexity index is 858. The number of anilines is 1. The largest absolute Gasteiger partial charge is 0.465 e. The van der Waals surface area contributed by atoms with E-state index in [2.05, 4.69) is 29.6 Å². The van der Waals surface area contributed by atoms with Crippen LogP contribution in [0.15, 0.2) is 33.5 Å². The van der Waals surface area contributed by atoms with Crippen LogP contribution in [-0.2, 0) is 4.74 Å². The van der Waals surface area contributed by atoms with E-state index in [1.54, 1.807) is 6.07 Å². The standard InChI is InChI=1S/C27H41NO4/c1-4-6-8-10-12-14-18-28(19-15-13-11-9-7-5-2)23-17-16-22-20-24(26(29)31-3)27(30)32-25(22)21-23/h16-17,20-21H,4-15,18-19H2,1-3H3. The Morgan fingerprint density at radius 3 is 1.97 bits per heavy atom. The number of ether oxygens (including phenoxy) is 1. The third kappa shape index (κ3) is 8.33. The summed E-state index contributed by atoms with van der Waals surface area (Å²) in [6.07, 6.45) is 15.2. The Kier molecular flexibility index (Phi) is 11.9. The smallest absolute Gasteiger partial charge is 0.351 e. The minimum Gasteiger partial charge on any atom is -0.465 e. The molecular formula is C27H41NO4. The van der Waals surface area contributed by atoms with Crippen LogP contribution in [0.3, 0.4) is 0 Å². The van der Waals surface area contributed by atoms with Crippen LogP contribution in [0, 0.1) is 0 Å². The number of esters is 1. The van der Waals surface area contributed by atoms with E-state index in [0.717, 1.165) is 24.2 Å². The van der Waals surface area contributed by atoms with Crippen LogP contribution in [0.25, 0.3) is 11.0 Å². The molecule has 1 aromatic heterocycles. The molecule has 5 heteroatoms. The number of carbonyl (C=O) groups is 1. The zero-order valence-electron chi connectivity index (χ0n) is 20.3. The van der Waals surface area contributed by atoms with Gasteiger partial charge in [-0.25, -0.2) is 9.59 Å². The molecule has 0 saturated carbocycles. The number of unbranched alkanes of at least 4 members (excludes halogenated alkanes) is 10. The highest BCUT2D eigenvalue weighted by molar-refractivity contribution is 5.93. The van der Waals surface area contributed by atoms with Crippen LogP contribution < -0.4 is 10.5 Å². The average Bonchev–Trinajstić information content (AvgIpc) is 2.80. The highest BCUT2D eigenvalue weighted by Crippen LogP contribution is 2.24. The minimum absolute atomic E-state index is 0.0660. The zero-order chi connectivity index (χ0) is 23.2. The molecule has 5 nitrogen and oxygen atoms in total. The summed E-state index contributed by atoms with van der Waals surface area (Å²) in [4.78, 5) is 26.4. The SMILES string of the molecule is CCCCCCCCN(CCCCCCCC)c1ccc2cc(C(=O)OC)c(=O)oc2c1. The van der Waals surface area contributed by atoms with Gasteiger partial charge in [0.25, 0.3) is 0 Å². The first-order chi connectivity index (χ1) is 15.6. The summed E-state index contributed by atoms with van der Waals surface area (Å²) < 4.78 is 10.1. The lowest BCUT2D eigenvalue weighted by atomic mass is 10.1. The van der Waals surface area contributed by atoms with Gasteiger partial charge in [0.05, 0.1) is 7.11 Å². The van der Waals surface area contributed by atoms with Crippen molar-refractivity contribution in [2.45, 2.75) is 90.9 Å². The molecule has 178 valence electrons. The number of rotatable bonds is 16. The number of hydrogen-bond acceptors (Lipinski definition) is 5. The van der Waals surface area contributed by atoms with Crippen LogP contribution >= 0.6 is 0 Å². The number of fused-ring (bicyclic) bond motifs is 1. The quantitative estimate of drug-likeness (QED) is 0.157. The maximum atomic E-state index is 12.2. The van der Waals surface area contributed by atoms with E-state index in [4.69, 9.17) is 4.42 Å². The summed E-state index contributed by atoms with van der Waals surface area (Å²) in [5.74, 6) is -0.669. The fourth-order valence-corrected chi connectivity index (χ4v) is 4.08. The number of benzene rings is 1. The third-order valence-corrected chi connectivity index (χ3v) is 6.05. The van der Waals surface area contributed by atoms with Gasteiger partial charge in [-0.1, -0.05) is 78.1 Å². The molecule has 32 heavy (non-hydrogen) atoms. The van der Waals surface area contributed by atoms with Gasteiger partial charge < -0.3 is 14.1 Å². The second kappa shape index (κ2) is 14.7. The van der Waals surface area contributed by atoms with Crippen molar-refractivity contribution in [2.75, 3.05) is 25.1 Å². The molecule has 0 atom stereocenters. The predicted octanol–water partition coefficient (Wildman–Crippen LogP) is 7.11. The van der Waals surface area contributed by atoms with Crippen molar-refractivity contribution >= 4 is 22.6 Å². The van der Waals surface area contributed by atoms with Crippen molar-refractivity contribution in [1.29, 1.82) is 0 Å². The van der Waals surface area contributed by atoms with Crippen molar-refractivity contribution < 1.29 is 13.9 Å². The van der Waals surface area contributed by atoms with E-state index in [1.165, 1.54) is 84.2 Å². The first-order valence-electron chi connectivity index (χ1n) is 12.5. The summed E-state index contributed by atoms with van der Waals surface area (Å²) in [5.41, 5.74) is 0.869. The van der Waals surface area contributed by atoms with Crippen LogP contribution in [0.4, 0.5) is 5.69 Å². The maximum Gasteiger partial charge on any atom is 0.351 e. The van der Waals surface area contributed by atoms with Crippen LogP contribution in [0.2, 0.25) is 0 Å². The Morgan fingerprint density at radius 2 is 1.41 bits per heavy atom. The molecule has 0 N–H and O–H groups in total. The van der Waals surface area contributed by atoms with Crippen molar-refractivity contribution in [3.63, 3.8) is 0 Å². The molecule has 1 aromatic carbocycles. The van der Waals surface area contributed by atoms with E-state index in [0.29, 0.717) is 5.58 Å². The molecule has 0 unspecified atom stereocenters. The Hall–Kier alpha value is -2.30. The first-order valence-corrected chi connectivity index (χ1v) is 12.5. The number of hydrogen-bond donors (Lipinski definition) is 0. The van der Waals surface area contributed by atoms with Gasteiger partial charge >= 0.3 is 11.6 Å². The van der Waals surface area contributed by atoms with Gasteiger partial charge in [-0.15, -0.1) is 0 Å². The molecule has 0 bridgehead atoms. The van der Waals surface area contributed by atoms with Crippen LogP contribution in [0.1, 0.15) is 101 Å². The Labute approximate surface area is 193 Å². The highest BCUT2D eigenvalue weighted by Gasteiger charge is 2.15. The molecule has 0 spiro atoms. The predicted molar refractivity (Wildman–Crippen MR) is 133 cm³/mol. The van der Waals surface area contributed by atoms with Gasteiger partial charge in [0.1, 0.15) is 11.1 Å². The van der Waals surface area contributed by atoms with E-state index in [1.807, 2.05) is 12.1 Å². The fourth-order valence-electron chi connectivity index (χ4n) is 4.08. The van der Waals surface area contributed by atoms with Gasteiger partial charge in [0, 0.05) is 30.2 Å². The average molecular weight is 444 g/mol. The number of carbonyl (C=O) groups excluding carboxylic acids is 1. The molecule has 0 aliphatic rings. The molecule has 0 radical (unpaired) electrons. The van der Waals surface area contributed by atoms with E-state index < -0.39 is 11.6 Å². The first kappa shape index (κ1) is 26.0. The maximum absolute atomic E-state index is 12.2. The molecule has 2 rings (SSSR count). The van der Waals surface area contributed by atoms with Gasteiger partial charge in [-0.3, -0.25) is 0 Å². The van der Waals surface area contributed by atoms with Crippen molar-refractivity contribution in [3.05, 3.63) is 40.2 Å². The van der Waals surface area contributed by atoms with E-state index in [9.17, 15) is 9.59 Å². The molecule has 0 saturated heterocycles. The van der Waals surface area contributed by atoms with Gasteiger partial charge in [-0.05, 0) is 31.0 Å². The van der Waals surface area contributed by atoms with Crippen LogP contribution in [-0.4, -0.2) is 26.2 Å². The third-order valence-electron chi connectivity index (χ3n) is 6.05. The van der Waals surface area contributed by atoms with E-state index in [-0.39, 0.29) is 5.56 Å². The molecule has 2 aromatic rings. The molecule has 0 aliphatic heterocycles. The van der Waals surface area contributed by atoms with Crippen molar-refractivity contribution in [1.82, 2.24) is 0 Å². The molecular weight excluding hydrogens is 402 g/mol. The summed E-state index contributed by atoms with van der Waals surface area (Å²) in [5, 5.41) is 0.729. The normalized spacial score (nSPS) is 11.1. The van der Waals surface area contributed by atoms with Gasteiger partial charge in [0.2, 0.25) is 0 Å². The van der Waals surface area contributed by atoms with Crippen molar-refractivity contribution in [3.8, 4) is 0 Å². The monoisotopic (exact) mass is 443 g/mol. The van der Waals surface area contributed by atoms with Crippen LogP contribution in [0.5, 0.6) is 0 Å². The lowest BCUT2D eigenvalue weighted by molar-refractivity contribution is 0.0596. The minimum atomic E-state index is -0.669.